The van der Waals surface area contributed by atoms with E-state index in [1.54, 1.807) is 30.3 Å². The van der Waals surface area contributed by atoms with Crippen molar-refractivity contribution in [1.29, 1.82) is 0 Å². The second kappa shape index (κ2) is 10.2. The first-order chi connectivity index (χ1) is 17.2. The molecule has 0 unspecified atom stereocenters. The average Bonchev–Trinajstić information content (AvgIpc) is 3.28. The van der Waals surface area contributed by atoms with Crippen LogP contribution in [0.2, 0.25) is 0 Å². The molecule has 1 aliphatic rings. The second-order valence-electron chi connectivity index (χ2n) is 8.35. The van der Waals surface area contributed by atoms with Crippen molar-refractivity contribution in [3.8, 4) is 5.69 Å². The van der Waals surface area contributed by atoms with Gasteiger partial charge in [0.2, 0.25) is 5.91 Å². The molecule has 0 atom stereocenters. The number of amides is 3. The Kier molecular flexibility index (Phi) is 7.12. The molecule has 1 N–H and O–H groups in total. The number of para-hydroxylation sites is 1. The van der Waals surface area contributed by atoms with E-state index in [0.717, 1.165) is 39.2 Å². The largest absolute Gasteiger partial charge is 0.465 e. The van der Waals surface area contributed by atoms with E-state index in [1.165, 1.54) is 7.11 Å². The van der Waals surface area contributed by atoms with Gasteiger partial charge in [-0.25, -0.2) is 4.79 Å². The fraction of sp³-hybridized carbons (Fsp3) is 0.185. The van der Waals surface area contributed by atoms with E-state index in [2.05, 4.69) is 5.32 Å². The zero-order valence-electron chi connectivity index (χ0n) is 20.3. The van der Waals surface area contributed by atoms with E-state index in [4.69, 9.17) is 4.74 Å². The van der Waals surface area contributed by atoms with Gasteiger partial charge in [0.15, 0.2) is 0 Å². The monoisotopic (exact) mass is 503 g/mol. The van der Waals surface area contributed by atoms with Crippen molar-refractivity contribution in [1.82, 2.24) is 9.47 Å². The van der Waals surface area contributed by atoms with E-state index in [1.807, 2.05) is 55.7 Å². The quantitative estimate of drug-likeness (QED) is 0.381. The number of benzene rings is 2. The first-order valence-electron chi connectivity index (χ1n) is 11.2. The number of nitrogens with zero attached hydrogens (tertiary/aromatic N) is 2. The number of aromatic nitrogens is 1. The van der Waals surface area contributed by atoms with Crippen LogP contribution in [0.5, 0.6) is 0 Å². The minimum atomic E-state index is -0.524. The van der Waals surface area contributed by atoms with Crippen LogP contribution in [0.4, 0.5) is 10.5 Å². The highest BCUT2D eigenvalue weighted by molar-refractivity contribution is 8.18. The lowest BCUT2D eigenvalue weighted by molar-refractivity contribution is -0.127. The molecular weight excluding hydrogens is 478 g/mol. The van der Waals surface area contributed by atoms with Crippen LogP contribution >= 0.6 is 11.8 Å². The highest BCUT2D eigenvalue weighted by Crippen LogP contribution is 2.34. The summed E-state index contributed by atoms with van der Waals surface area (Å²) in [6.07, 6.45) is 1.64. The van der Waals surface area contributed by atoms with Crippen LogP contribution in [0.1, 0.15) is 32.9 Å². The zero-order chi connectivity index (χ0) is 26.0. The Morgan fingerprint density at radius 2 is 1.72 bits per heavy atom. The van der Waals surface area contributed by atoms with Crippen LogP contribution in [0.25, 0.3) is 11.8 Å². The second-order valence-corrected chi connectivity index (χ2v) is 9.35. The molecule has 0 spiro atoms. The highest BCUT2D eigenvalue weighted by atomic mass is 32.2. The van der Waals surface area contributed by atoms with Crippen LogP contribution in [-0.4, -0.2) is 46.1 Å². The maximum absolute atomic E-state index is 13.0. The molecule has 2 aromatic carbocycles. The summed E-state index contributed by atoms with van der Waals surface area (Å²) in [5.41, 5.74) is 5.06. The Labute approximate surface area is 212 Å². The zero-order valence-corrected chi connectivity index (χ0v) is 21.1. The molecule has 3 aromatic rings. The van der Waals surface area contributed by atoms with E-state index in [9.17, 15) is 19.2 Å². The Morgan fingerprint density at radius 1 is 1.03 bits per heavy atom. The Bertz CT molecular complexity index is 1410. The number of carbonyl (C=O) groups is 4. The first-order valence-corrected chi connectivity index (χ1v) is 12.0. The highest BCUT2D eigenvalue weighted by Gasteiger charge is 2.36. The molecule has 0 radical (unpaired) electrons. The number of anilines is 1. The Hall–Kier alpha value is -4.11. The van der Waals surface area contributed by atoms with Crippen molar-refractivity contribution in [3.63, 3.8) is 0 Å². The third-order valence-corrected chi connectivity index (χ3v) is 6.73. The van der Waals surface area contributed by atoms with E-state index >= 15 is 0 Å². The van der Waals surface area contributed by atoms with E-state index < -0.39 is 23.0 Å². The van der Waals surface area contributed by atoms with Gasteiger partial charge in [-0.05, 0) is 74.5 Å². The number of rotatable bonds is 6. The molecule has 0 bridgehead atoms. The summed E-state index contributed by atoms with van der Waals surface area (Å²) in [7, 11) is 1.33. The van der Waals surface area contributed by atoms with Gasteiger partial charge in [0.25, 0.3) is 11.1 Å². The molecule has 1 aromatic heterocycles. The SMILES string of the molecule is COC(=O)c1ccccc1-n1c(C)cc(/C=C2/SC(=O)N(CC(=O)Nc3ccc(C)cc3)C2=O)c1C. The number of hydrogen-bond donors (Lipinski definition) is 1. The Balaban J connectivity index is 1.57. The van der Waals surface area contributed by atoms with Crippen molar-refractivity contribution < 1.29 is 23.9 Å². The fourth-order valence-corrected chi connectivity index (χ4v) is 4.84. The number of esters is 1. The summed E-state index contributed by atoms with van der Waals surface area (Å²) < 4.78 is 6.82. The number of hydrogen-bond acceptors (Lipinski definition) is 6. The molecule has 0 aliphatic carbocycles. The van der Waals surface area contributed by atoms with Crippen LogP contribution in [-0.2, 0) is 14.3 Å². The first kappa shape index (κ1) is 25.0. The predicted molar refractivity (Wildman–Crippen MR) is 139 cm³/mol. The number of ether oxygens (including phenoxy) is 1. The van der Waals surface area contributed by atoms with Gasteiger partial charge in [-0.15, -0.1) is 0 Å². The minimum Gasteiger partial charge on any atom is -0.465 e. The van der Waals surface area contributed by atoms with Crippen molar-refractivity contribution >= 4 is 46.5 Å². The molecule has 184 valence electrons. The molecule has 0 saturated carbocycles. The maximum atomic E-state index is 13.0. The van der Waals surface area contributed by atoms with Crippen LogP contribution in [0.15, 0.2) is 59.5 Å². The van der Waals surface area contributed by atoms with Crippen molar-refractivity contribution in [3.05, 3.63) is 87.6 Å². The fourth-order valence-electron chi connectivity index (χ4n) is 4.01. The third kappa shape index (κ3) is 4.96. The summed E-state index contributed by atoms with van der Waals surface area (Å²) in [5, 5.41) is 2.20. The maximum Gasteiger partial charge on any atom is 0.339 e. The number of thioether (sulfide) groups is 1. The molecule has 9 heteroatoms. The topological polar surface area (TPSA) is 97.7 Å². The number of methoxy groups -OCH3 is 1. The van der Waals surface area contributed by atoms with Crippen molar-refractivity contribution in [2.75, 3.05) is 19.0 Å². The normalized spacial score (nSPS) is 14.4. The van der Waals surface area contributed by atoms with Crippen molar-refractivity contribution in [2.24, 2.45) is 0 Å². The van der Waals surface area contributed by atoms with E-state index in [0.29, 0.717) is 16.9 Å². The van der Waals surface area contributed by atoms with Crippen LogP contribution < -0.4 is 5.32 Å². The van der Waals surface area contributed by atoms with Gasteiger partial charge < -0.3 is 14.6 Å². The Morgan fingerprint density at radius 3 is 2.42 bits per heavy atom. The van der Waals surface area contributed by atoms with Gasteiger partial charge in [0, 0.05) is 17.1 Å². The van der Waals surface area contributed by atoms with Crippen LogP contribution in [0, 0.1) is 20.8 Å². The summed E-state index contributed by atoms with van der Waals surface area (Å²) in [6, 6.07) is 16.2. The third-order valence-electron chi connectivity index (χ3n) is 5.82. The number of nitrogens with one attached hydrogen (secondary N) is 1. The van der Waals surface area contributed by atoms with E-state index in [-0.39, 0.29) is 11.4 Å². The summed E-state index contributed by atoms with van der Waals surface area (Å²) in [5.74, 6) is -1.44. The molecule has 36 heavy (non-hydrogen) atoms. The standard InChI is InChI=1S/C27H25N3O5S/c1-16-9-11-20(12-10-16)28-24(31)15-29-25(32)23(36-27(29)34)14-19-13-17(2)30(18(19)3)22-8-6-5-7-21(22)26(33)35-4/h5-14H,15H2,1-4H3,(H,28,31)/b23-14+. The molecule has 1 saturated heterocycles. The molecule has 1 aliphatic heterocycles. The van der Waals surface area contributed by atoms with Gasteiger partial charge in [-0.3, -0.25) is 19.3 Å². The smallest absolute Gasteiger partial charge is 0.339 e. The average molecular weight is 504 g/mol. The predicted octanol–water partition coefficient (Wildman–Crippen LogP) is 4.86. The number of aryl methyl sites for hydroxylation is 2. The molecular formula is C27H25N3O5S. The van der Waals surface area contributed by atoms with Gasteiger partial charge in [0.1, 0.15) is 6.54 Å². The van der Waals surface area contributed by atoms with Crippen LogP contribution in [0.3, 0.4) is 0 Å². The lowest BCUT2D eigenvalue weighted by Crippen LogP contribution is -2.36. The lowest BCUT2D eigenvalue weighted by atomic mass is 10.1. The summed E-state index contributed by atoms with van der Waals surface area (Å²) in [6.45, 7) is 5.32. The minimum absolute atomic E-state index is 0.227. The lowest BCUT2D eigenvalue weighted by Gasteiger charge is -2.13. The molecule has 8 nitrogen and oxygen atoms in total. The molecule has 3 amide bonds. The summed E-state index contributed by atoms with van der Waals surface area (Å²) in [4.78, 5) is 51.4. The van der Waals surface area contributed by atoms with Gasteiger partial charge in [-0.2, -0.15) is 0 Å². The molecule has 2 heterocycles. The van der Waals surface area contributed by atoms with Gasteiger partial charge >= 0.3 is 5.97 Å². The molecule has 1 fully saturated rings. The van der Waals surface area contributed by atoms with Gasteiger partial charge in [-0.1, -0.05) is 29.8 Å². The number of carbonyl (C=O) groups excluding carboxylic acids is 4. The summed E-state index contributed by atoms with van der Waals surface area (Å²) >= 11 is 0.793. The van der Waals surface area contributed by atoms with Crippen molar-refractivity contribution in [2.45, 2.75) is 20.8 Å². The molecule has 4 rings (SSSR count). The number of imide groups is 1. The van der Waals surface area contributed by atoms with Gasteiger partial charge in [0.05, 0.1) is 23.3 Å².